The molecule has 0 aliphatic rings. The van der Waals surface area contributed by atoms with Crippen LogP contribution in [-0.2, 0) is 9.59 Å². The van der Waals surface area contributed by atoms with Crippen molar-refractivity contribution in [3.63, 3.8) is 0 Å². The van der Waals surface area contributed by atoms with Crippen LogP contribution in [0, 0.1) is 0 Å². The lowest BCUT2D eigenvalue weighted by Gasteiger charge is -2.13. The van der Waals surface area contributed by atoms with Crippen LogP contribution >= 0.6 is 0 Å². The molecule has 0 bridgehead atoms. The van der Waals surface area contributed by atoms with E-state index in [-0.39, 0.29) is 0 Å². The quantitative estimate of drug-likeness (QED) is 0.528. The van der Waals surface area contributed by atoms with Crippen LogP contribution < -0.4 is 4.90 Å². The Kier molecular flexibility index (Phi) is 2.72. The highest BCUT2D eigenvalue weighted by atomic mass is 16.2. The third-order valence-corrected chi connectivity index (χ3v) is 3.23. The molecule has 0 unspecified atom stereocenters. The van der Waals surface area contributed by atoms with Gasteiger partial charge in [-0.05, 0) is 34.4 Å². The van der Waals surface area contributed by atoms with Crippen molar-refractivity contribution in [1.82, 2.24) is 0 Å². The summed E-state index contributed by atoms with van der Waals surface area (Å²) in [4.78, 5) is 22.9. The van der Waals surface area contributed by atoms with E-state index in [0.717, 1.165) is 26.4 Å². The second-order valence-electron chi connectivity index (χ2n) is 4.32. The zero-order valence-electron chi connectivity index (χ0n) is 10.1. The number of rotatable bonds is 3. The molecule has 3 nitrogen and oxygen atoms in total. The van der Waals surface area contributed by atoms with Gasteiger partial charge in [-0.3, -0.25) is 14.5 Å². The minimum atomic E-state index is 0.525. The maximum Gasteiger partial charge on any atom is 0.220 e. The van der Waals surface area contributed by atoms with E-state index in [4.69, 9.17) is 0 Å². The van der Waals surface area contributed by atoms with Crippen LogP contribution in [-0.4, -0.2) is 12.8 Å². The summed E-state index contributed by atoms with van der Waals surface area (Å²) in [6.07, 6.45) is 1.05. The Bertz CT molecular complexity index is 772. The molecule has 0 aliphatic heterocycles. The van der Waals surface area contributed by atoms with Crippen molar-refractivity contribution >= 4 is 40.1 Å². The van der Waals surface area contributed by atoms with Crippen molar-refractivity contribution in [1.29, 1.82) is 0 Å². The Hall–Kier alpha value is -2.68. The third kappa shape index (κ3) is 1.85. The second kappa shape index (κ2) is 4.53. The molecule has 0 radical (unpaired) electrons. The largest absolute Gasteiger partial charge is 0.278 e. The number of fused-ring (bicyclic) bond motifs is 2. The van der Waals surface area contributed by atoms with Gasteiger partial charge in [-0.25, -0.2) is 0 Å². The highest BCUT2D eigenvalue weighted by Crippen LogP contribution is 2.29. The number of hydrogen-bond acceptors (Lipinski definition) is 2. The lowest BCUT2D eigenvalue weighted by atomic mass is 10.0. The predicted octanol–water partition coefficient (Wildman–Crippen LogP) is 3.11. The minimum Gasteiger partial charge on any atom is -0.278 e. The summed E-state index contributed by atoms with van der Waals surface area (Å²) >= 11 is 0. The maximum absolute atomic E-state index is 10.9. The van der Waals surface area contributed by atoms with Crippen LogP contribution in [0.25, 0.3) is 21.5 Å². The molecule has 3 rings (SSSR count). The van der Waals surface area contributed by atoms with Crippen LogP contribution in [0.3, 0.4) is 0 Å². The van der Waals surface area contributed by atoms with Crippen molar-refractivity contribution in [2.24, 2.45) is 0 Å². The molecule has 3 aromatic rings. The van der Waals surface area contributed by atoms with E-state index in [9.17, 15) is 9.59 Å². The van der Waals surface area contributed by atoms with E-state index in [0.29, 0.717) is 18.5 Å². The zero-order chi connectivity index (χ0) is 13.2. The van der Waals surface area contributed by atoms with Gasteiger partial charge in [0.25, 0.3) is 0 Å². The van der Waals surface area contributed by atoms with Gasteiger partial charge in [0.15, 0.2) is 0 Å². The normalized spacial score (nSPS) is 10.5. The molecule has 0 aromatic heterocycles. The molecular formula is C16H11NO2. The Morgan fingerprint density at radius 1 is 0.737 bits per heavy atom. The van der Waals surface area contributed by atoms with Gasteiger partial charge in [0, 0.05) is 5.39 Å². The average Bonchev–Trinajstić information content (AvgIpc) is 2.46. The monoisotopic (exact) mass is 249 g/mol. The standard InChI is InChI=1S/C16H11NO2/c18-10-17(11-19)16-7-3-6-14-8-12-4-1-2-5-13(12)9-15(14)16/h1-11H. The van der Waals surface area contributed by atoms with E-state index in [2.05, 4.69) is 6.07 Å². The molecule has 3 aromatic carbocycles. The van der Waals surface area contributed by atoms with Crippen LogP contribution in [0.4, 0.5) is 5.69 Å². The molecule has 0 heterocycles. The highest BCUT2D eigenvalue weighted by Gasteiger charge is 2.08. The van der Waals surface area contributed by atoms with E-state index < -0.39 is 0 Å². The minimum absolute atomic E-state index is 0.525. The van der Waals surface area contributed by atoms with Gasteiger partial charge in [0.05, 0.1) is 5.69 Å². The average molecular weight is 249 g/mol. The van der Waals surface area contributed by atoms with E-state index in [1.807, 2.05) is 42.5 Å². The number of hydrogen-bond donors (Lipinski definition) is 0. The molecular weight excluding hydrogens is 238 g/mol. The Balaban J connectivity index is 2.37. The van der Waals surface area contributed by atoms with Crippen molar-refractivity contribution in [2.45, 2.75) is 0 Å². The lowest BCUT2D eigenvalue weighted by molar-refractivity contribution is -0.113. The van der Waals surface area contributed by atoms with Crippen LogP contribution in [0.2, 0.25) is 0 Å². The van der Waals surface area contributed by atoms with E-state index >= 15 is 0 Å². The van der Waals surface area contributed by atoms with Gasteiger partial charge in [-0.2, -0.15) is 0 Å². The fourth-order valence-corrected chi connectivity index (χ4v) is 2.31. The molecule has 0 saturated carbocycles. The summed E-state index contributed by atoms with van der Waals surface area (Å²) in [5.41, 5.74) is 0.605. The second-order valence-corrected chi connectivity index (χ2v) is 4.32. The third-order valence-electron chi connectivity index (χ3n) is 3.23. The molecule has 3 heteroatoms. The summed E-state index contributed by atoms with van der Waals surface area (Å²) in [6.45, 7) is 0. The van der Waals surface area contributed by atoms with Crippen molar-refractivity contribution in [3.05, 3.63) is 54.6 Å². The Morgan fingerprint density at radius 2 is 1.37 bits per heavy atom. The van der Waals surface area contributed by atoms with Crippen LogP contribution in [0.1, 0.15) is 0 Å². The summed E-state index contributed by atoms with van der Waals surface area (Å²) in [5, 5.41) is 4.11. The Morgan fingerprint density at radius 3 is 2.05 bits per heavy atom. The van der Waals surface area contributed by atoms with Crippen molar-refractivity contribution < 1.29 is 9.59 Å². The molecule has 0 N–H and O–H groups in total. The van der Waals surface area contributed by atoms with Gasteiger partial charge in [0.1, 0.15) is 0 Å². The number of carbonyl (C=O) groups excluding carboxylic acids is 2. The molecule has 0 fully saturated rings. The van der Waals surface area contributed by atoms with Crippen molar-refractivity contribution in [3.8, 4) is 0 Å². The van der Waals surface area contributed by atoms with Gasteiger partial charge in [0.2, 0.25) is 12.8 Å². The van der Waals surface area contributed by atoms with Gasteiger partial charge >= 0.3 is 0 Å². The molecule has 2 amide bonds. The first kappa shape index (κ1) is 11.4. The molecule has 0 aliphatic carbocycles. The number of anilines is 1. The van der Waals surface area contributed by atoms with Gasteiger partial charge in [-0.1, -0.05) is 36.4 Å². The van der Waals surface area contributed by atoms with E-state index in [1.54, 1.807) is 6.07 Å². The number of nitrogens with zero attached hydrogens (tertiary/aromatic N) is 1. The summed E-state index contributed by atoms with van der Waals surface area (Å²) < 4.78 is 0. The SMILES string of the molecule is O=CN(C=O)c1cccc2cc3ccccc3cc12. The number of carbonyl (C=O) groups is 2. The number of benzene rings is 3. The van der Waals surface area contributed by atoms with Crippen molar-refractivity contribution in [2.75, 3.05) is 4.90 Å². The molecule has 92 valence electrons. The smallest absolute Gasteiger partial charge is 0.220 e. The first-order valence-corrected chi connectivity index (χ1v) is 5.94. The summed E-state index contributed by atoms with van der Waals surface area (Å²) in [6, 6.07) is 17.6. The molecule has 19 heavy (non-hydrogen) atoms. The van der Waals surface area contributed by atoms with E-state index in [1.165, 1.54) is 0 Å². The number of amides is 2. The summed E-state index contributed by atoms with van der Waals surface area (Å²) in [7, 11) is 0. The van der Waals surface area contributed by atoms with Gasteiger partial charge < -0.3 is 0 Å². The summed E-state index contributed by atoms with van der Waals surface area (Å²) in [5.74, 6) is 0. The van der Waals surface area contributed by atoms with Crippen LogP contribution in [0.15, 0.2) is 54.6 Å². The fourth-order valence-electron chi connectivity index (χ4n) is 2.31. The molecule has 0 atom stereocenters. The zero-order valence-corrected chi connectivity index (χ0v) is 10.1. The Labute approximate surface area is 110 Å². The molecule has 0 spiro atoms. The van der Waals surface area contributed by atoms with Crippen LogP contribution in [0.5, 0.6) is 0 Å². The lowest BCUT2D eigenvalue weighted by Crippen LogP contribution is -2.18. The first-order chi connectivity index (χ1) is 9.33. The van der Waals surface area contributed by atoms with Gasteiger partial charge in [-0.15, -0.1) is 0 Å². The number of imide groups is 1. The maximum atomic E-state index is 10.9. The highest BCUT2D eigenvalue weighted by molar-refractivity contribution is 6.10. The topological polar surface area (TPSA) is 37.4 Å². The first-order valence-electron chi connectivity index (χ1n) is 5.94. The molecule has 0 saturated heterocycles. The predicted molar refractivity (Wildman–Crippen MR) is 76.1 cm³/mol. The fraction of sp³-hybridized carbons (Fsp3) is 0.